The molecule has 6 heteroatoms. The largest absolute Gasteiger partial charge is 0.504 e. The second-order valence-electron chi connectivity index (χ2n) is 9.28. The van der Waals surface area contributed by atoms with Crippen LogP contribution in [0.3, 0.4) is 0 Å². The molecule has 3 aromatic carbocycles. The van der Waals surface area contributed by atoms with Crippen LogP contribution in [0.25, 0.3) is 11.1 Å². The minimum atomic E-state index is -0.280. The van der Waals surface area contributed by atoms with Gasteiger partial charge in [0.25, 0.3) is 5.56 Å². The number of aromatic amines is 1. The van der Waals surface area contributed by atoms with Gasteiger partial charge in [0.05, 0.1) is 0 Å². The summed E-state index contributed by atoms with van der Waals surface area (Å²) < 4.78 is 0. The average Bonchev–Trinajstić information content (AvgIpc) is 2.94. The third-order valence-electron chi connectivity index (χ3n) is 6.83. The van der Waals surface area contributed by atoms with E-state index in [-0.39, 0.29) is 11.3 Å². The number of para-hydroxylation sites is 1. The Morgan fingerprint density at radius 3 is 2.57 bits per heavy atom. The van der Waals surface area contributed by atoms with Gasteiger partial charge in [-0.1, -0.05) is 79.7 Å². The Labute approximate surface area is 221 Å². The van der Waals surface area contributed by atoms with Gasteiger partial charge >= 0.3 is 0 Å². The molecule has 1 aliphatic rings. The first-order valence-corrected chi connectivity index (χ1v) is 13.6. The molecule has 0 fully saturated rings. The highest BCUT2D eigenvalue weighted by Crippen LogP contribution is 2.44. The number of carbonyl (C=O) groups is 1. The van der Waals surface area contributed by atoms with Crippen molar-refractivity contribution in [2.75, 3.05) is 11.4 Å². The monoisotopic (exact) mass is 510 g/mol. The fraction of sp³-hybridized carbons (Fsp3) is 0.226. The summed E-state index contributed by atoms with van der Waals surface area (Å²) >= 11 is 1.26. The lowest BCUT2D eigenvalue weighted by atomic mass is 10.00. The summed E-state index contributed by atoms with van der Waals surface area (Å²) in [6.07, 6.45) is 5.46. The molecule has 0 aliphatic carbocycles. The zero-order valence-electron chi connectivity index (χ0n) is 20.9. The highest BCUT2D eigenvalue weighted by Gasteiger charge is 2.26. The van der Waals surface area contributed by atoms with Gasteiger partial charge in [-0.05, 0) is 60.6 Å². The number of H-pyrrole nitrogens is 1. The topological polar surface area (TPSA) is 73.4 Å². The van der Waals surface area contributed by atoms with Gasteiger partial charge in [0.1, 0.15) is 10.6 Å². The van der Waals surface area contributed by atoms with E-state index in [0.29, 0.717) is 22.6 Å². The standard InChI is InChI=1S/C31H30N2O3S/c1-2-3-13-26-28(33-19-8-11-22-9-5-7-14-27(22)33)29(35)30(31(36)32-26)37-24-17-15-21(16-18-24)25-12-6-4-10-23(25)20-34/h4-7,9-10,12,14-18,20H,2-3,8,11,13,19H2,1H3,(H2,32,35,36). The third kappa shape index (κ3) is 5.07. The van der Waals surface area contributed by atoms with Gasteiger partial charge in [-0.2, -0.15) is 0 Å². The van der Waals surface area contributed by atoms with Crippen molar-refractivity contribution in [3.05, 3.63) is 100.0 Å². The fourth-order valence-corrected chi connectivity index (χ4v) is 5.82. The summed E-state index contributed by atoms with van der Waals surface area (Å²) in [7, 11) is 0. The maximum Gasteiger partial charge on any atom is 0.266 e. The average molecular weight is 511 g/mol. The first kappa shape index (κ1) is 24.9. The molecular formula is C31H30N2O3S. The van der Waals surface area contributed by atoms with Gasteiger partial charge < -0.3 is 15.0 Å². The van der Waals surface area contributed by atoms with E-state index in [4.69, 9.17) is 0 Å². The van der Waals surface area contributed by atoms with E-state index in [9.17, 15) is 14.7 Å². The van der Waals surface area contributed by atoms with Crippen LogP contribution in [0.15, 0.2) is 87.4 Å². The minimum absolute atomic E-state index is 0.0342. The maximum absolute atomic E-state index is 13.2. The Bertz CT molecular complexity index is 1480. The van der Waals surface area contributed by atoms with Gasteiger partial charge in [-0.15, -0.1) is 0 Å². The number of hydrogen-bond donors (Lipinski definition) is 2. The van der Waals surface area contributed by atoms with Crippen molar-refractivity contribution in [3.8, 4) is 16.9 Å². The van der Waals surface area contributed by atoms with Crippen molar-refractivity contribution in [3.63, 3.8) is 0 Å². The van der Waals surface area contributed by atoms with E-state index in [1.54, 1.807) is 6.07 Å². The zero-order valence-corrected chi connectivity index (χ0v) is 21.7. The SMILES string of the molecule is CCCCc1[nH]c(=O)c(Sc2ccc(-c3ccccc3C=O)cc2)c(O)c1N1CCCc2ccccc21. The van der Waals surface area contributed by atoms with Crippen molar-refractivity contribution >= 4 is 29.4 Å². The number of hydrogen-bond acceptors (Lipinski definition) is 5. The Morgan fingerprint density at radius 2 is 1.78 bits per heavy atom. The van der Waals surface area contributed by atoms with E-state index in [2.05, 4.69) is 28.9 Å². The van der Waals surface area contributed by atoms with Crippen LogP contribution in [-0.2, 0) is 12.8 Å². The molecule has 1 aliphatic heterocycles. The molecule has 188 valence electrons. The summed E-state index contributed by atoms with van der Waals surface area (Å²) in [5, 5.41) is 11.6. The first-order chi connectivity index (χ1) is 18.1. The Balaban J connectivity index is 1.53. The lowest BCUT2D eigenvalue weighted by Gasteiger charge is -2.33. The van der Waals surface area contributed by atoms with Gasteiger partial charge in [0, 0.05) is 28.4 Å². The van der Waals surface area contributed by atoms with E-state index < -0.39 is 0 Å². The van der Waals surface area contributed by atoms with Crippen molar-refractivity contribution in [1.82, 2.24) is 4.98 Å². The molecule has 5 nitrogen and oxygen atoms in total. The first-order valence-electron chi connectivity index (χ1n) is 12.8. The number of rotatable bonds is 8. The normalized spacial score (nSPS) is 12.8. The van der Waals surface area contributed by atoms with Gasteiger partial charge in [-0.25, -0.2) is 0 Å². The predicted octanol–water partition coefficient (Wildman–Crippen LogP) is 7.14. The van der Waals surface area contributed by atoms with Crippen LogP contribution < -0.4 is 10.5 Å². The van der Waals surface area contributed by atoms with Crippen LogP contribution in [-0.4, -0.2) is 22.9 Å². The summed E-state index contributed by atoms with van der Waals surface area (Å²) in [6.45, 7) is 2.90. The molecule has 1 aromatic heterocycles. The number of aldehydes is 1. The highest BCUT2D eigenvalue weighted by molar-refractivity contribution is 7.99. The number of carbonyl (C=O) groups excluding carboxylic acids is 1. The Morgan fingerprint density at radius 1 is 1.03 bits per heavy atom. The number of aromatic hydroxyl groups is 1. The number of benzene rings is 3. The fourth-order valence-electron chi connectivity index (χ4n) is 4.98. The van der Waals surface area contributed by atoms with E-state index in [0.717, 1.165) is 65.9 Å². The molecule has 2 N–H and O–H groups in total. The summed E-state index contributed by atoms with van der Waals surface area (Å²) in [4.78, 5) is 31.0. The molecule has 0 atom stereocenters. The molecular weight excluding hydrogens is 480 g/mol. The quantitative estimate of drug-likeness (QED) is 0.247. The lowest BCUT2D eigenvalue weighted by Crippen LogP contribution is -2.27. The third-order valence-corrected chi connectivity index (χ3v) is 7.92. The minimum Gasteiger partial charge on any atom is -0.504 e. The summed E-state index contributed by atoms with van der Waals surface area (Å²) in [5.41, 5.74) is 5.96. The highest BCUT2D eigenvalue weighted by atomic mass is 32.2. The number of nitrogens with zero attached hydrogens (tertiary/aromatic N) is 1. The molecule has 0 saturated heterocycles. The van der Waals surface area contributed by atoms with E-state index in [1.807, 2.05) is 54.6 Å². The molecule has 5 rings (SSSR count). The van der Waals surface area contributed by atoms with E-state index in [1.165, 1.54) is 17.3 Å². The smallest absolute Gasteiger partial charge is 0.266 e. The molecule has 0 saturated carbocycles. The van der Waals surface area contributed by atoms with Crippen LogP contribution in [0.2, 0.25) is 0 Å². The van der Waals surface area contributed by atoms with Crippen molar-refractivity contribution in [1.29, 1.82) is 0 Å². The lowest BCUT2D eigenvalue weighted by molar-refractivity contribution is 0.112. The van der Waals surface area contributed by atoms with Crippen molar-refractivity contribution in [2.45, 2.75) is 48.8 Å². The molecule has 2 heterocycles. The molecule has 0 bridgehead atoms. The number of anilines is 2. The number of pyridine rings is 1. The van der Waals surface area contributed by atoms with Gasteiger partial charge in [0.15, 0.2) is 12.0 Å². The number of fused-ring (bicyclic) bond motifs is 1. The molecule has 0 unspecified atom stereocenters. The predicted molar refractivity (Wildman–Crippen MR) is 150 cm³/mol. The second kappa shape index (κ2) is 11.1. The van der Waals surface area contributed by atoms with Crippen LogP contribution in [0, 0.1) is 0 Å². The van der Waals surface area contributed by atoms with Crippen LogP contribution in [0.1, 0.15) is 47.8 Å². The zero-order chi connectivity index (χ0) is 25.8. The van der Waals surface area contributed by atoms with Gasteiger partial charge in [-0.3, -0.25) is 9.59 Å². The molecule has 37 heavy (non-hydrogen) atoms. The van der Waals surface area contributed by atoms with Crippen LogP contribution >= 0.6 is 11.8 Å². The maximum atomic E-state index is 13.2. The molecule has 0 amide bonds. The second-order valence-corrected chi connectivity index (χ2v) is 10.4. The van der Waals surface area contributed by atoms with Gasteiger partial charge in [0.2, 0.25) is 0 Å². The summed E-state index contributed by atoms with van der Waals surface area (Å²) in [5.74, 6) is 0.0342. The van der Waals surface area contributed by atoms with Crippen molar-refractivity contribution in [2.24, 2.45) is 0 Å². The summed E-state index contributed by atoms with van der Waals surface area (Å²) in [6, 6.07) is 23.5. The number of aromatic nitrogens is 1. The van der Waals surface area contributed by atoms with Crippen LogP contribution in [0.5, 0.6) is 5.75 Å². The Hall–Kier alpha value is -3.77. The molecule has 0 radical (unpaired) electrons. The molecule has 4 aromatic rings. The number of nitrogens with one attached hydrogen (secondary N) is 1. The van der Waals surface area contributed by atoms with Crippen LogP contribution in [0.4, 0.5) is 11.4 Å². The number of aryl methyl sites for hydroxylation is 2. The van der Waals surface area contributed by atoms with E-state index >= 15 is 0 Å². The molecule has 0 spiro atoms. The Kier molecular flexibility index (Phi) is 7.47. The number of unbranched alkanes of at least 4 members (excludes halogenated alkanes) is 1. The van der Waals surface area contributed by atoms with Crippen molar-refractivity contribution < 1.29 is 9.90 Å².